The minimum atomic E-state index is -4.32. The summed E-state index contributed by atoms with van der Waals surface area (Å²) in [5, 5.41) is 7.15. The highest BCUT2D eigenvalue weighted by molar-refractivity contribution is 14.0. The normalized spacial score (nSPS) is 11.8. The van der Waals surface area contributed by atoms with Crippen molar-refractivity contribution < 1.29 is 13.2 Å². The van der Waals surface area contributed by atoms with Gasteiger partial charge >= 0.3 is 6.18 Å². The Morgan fingerprint density at radius 1 is 1.27 bits per heavy atom. The van der Waals surface area contributed by atoms with Crippen molar-refractivity contribution in [3.8, 4) is 0 Å². The van der Waals surface area contributed by atoms with Crippen LogP contribution in [-0.2, 0) is 26.3 Å². The lowest BCUT2D eigenvalue weighted by Crippen LogP contribution is -2.38. The van der Waals surface area contributed by atoms with Crippen molar-refractivity contribution in [3.05, 3.63) is 47.5 Å². The van der Waals surface area contributed by atoms with Crippen LogP contribution in [-0.4, -0.2) is 39.2 Å². The highest BCUT2D eigenvalue weighted by atomic mass is 127. The quantitative estimate of drug-likeness (QED) is 0.405. The number of benzene rings is 1. The van der Waals surface area contributed by atoms with E-state index in [0.29, 0.717) is 25.6 Å². The molecule has 6 nitrogen and oxygen atoms in total. The number of nitrogens with one attached hydrogen (secondary N) is 1. The number of hydrogen-bond donors (Lipinski definition) is 1. The number of nitrogens with zero attached hydrogens (tertiary/aromatic N) is 5. The Balaban J connectivity index is 0.00000338. The van der Waals surface area contributed by atoms with E-state index in [4.69, 9.17) is 0 Å². The molecule has 0 saturated carbocycles. The van der Waals surface area contributed by atoms with Crippen LogP contribution in [0.15, 0.2) is 35.6 Å². The van der Waals surface area contributed by atoms with Gasteiger partial charge in [0.05, 0.1) is 5.56 Å². The molecule has 0 spiro atoms. The van der Waals surface area contributed by atoms with E-state index in [9.17, 15) is 13.2 Å². The van der Waals surface area contributed by atoms with Gasteiger partial charge in [-0.15, -0.1) is 24.0 Å². The largest absolute Gasteiger partial charge is 0.416 e. The molecule has 144 valence electrons. The lowest BCUT2D eigenvalue weighted by molar-refractivity contribution is -0.137. The molecule has 0 aliphatic rings. The van der Waals surface area contributed by atoms with Crippen LogP contribution in [0.25, 0.3) is 0 Å². The maximum absolute atomic E-state index is 12.6. The number of aryl methyl sites for hydroxylation is 1. The predicted molar refractivity (Wildman–Crippen MR) is 104 cm³/mol. The fourth-order valence-electron chi connectivity index (χ4n) is 2.23. The topological polar surface area (TPSA) is 58.3 Å². The summed E-state index contributed by atoms with van der Waals surface area (Å²) >= 11 is 0. The van der Waals surface area contributed by atoms with Gasteiger partial charge in [0, 0.05) is 27.2 Å². The molecule has 1 aromatic carbocycles. The highest BCUT2D eigenvalue weighted by Crippen LogP contribution is 2.29. The van der Waals surface area contributed by atoms with Gasteiger partial charge in [0.25, 0.3) is 0 Å². The molecule has 0 fully saturated rings. The van der Waals surface area contributed by atoms with Crippen molar-refractivity contribution in [2.75, 3.05) is 13.6 Å². The van der Waals surface area contributed by atoms with Crippen LogP contribution in [0.2, 0.25) is 0 Å². The number of aromatic nitrogens is 3. The molecule has 10 heteroatoms. The van der Waals surface area contributed by atoms with Gasteiger partial charge in [0.15, 0.2) is 5.96 Å². The standard InChI is InChI=1S/C16H21F3N6.HI/c1-4-20-15(21-9-14-22-11-23-25(14)3)24(2)10-12-5-7-13(8-6-12)16(17,18)19;/h5-8,11H,4,9-10H2,1-3H3,(H,20,21);1H. The Morgan fingerprint density at radius 3 is 2.42 bits per heavy atom. The first kappa shape index (κ1) is 22.2. The van der Waals surface area contributed by atoms with Gasteiger partial charge < -0.3 is 10.2 Å². The Bertz CT molecular complexity index is 712. The molecule has 0 unspecified atom stereocenters. The minimum Gasteiger partial charge on any atom is -0.357 e. The Morgan fingerprint density at radius 2 is 1.92 bits per heavy atom. The second kappa shape index (κ2) is 9.74. The molecule has 1 N–H and O–H groups in total. The predicted octanol–water partition coefficient (Wildman–Crippen LogP) is 3.05. The Kier molecular flexibility index (Phi) is 8.31. The maximum atomic E-state index is 12.6. The molecular weight excluding hydrogens is 460 g/mol. The molecule has 0 aliphatic carbocycles. The minimum absolute atomic E-state index is 0. The van der Waals surface area contributed by atoms with Crippen molar-refractivity contribution in [1.82, 2.24) is 25.0 Å². The fraction of sp³-hybridized carbons (Fsp3) is 0.438. The van der Waals surface area contributed by atoms with E-state index in [1.165, 1.54) is 18.5 Å². The lowest BCUT2D eigenvalue weighted by Gasteiger charge is -2.22. The fourth-order valence-corrected chi connectivity index (χ4v) is 2.23. The maximum Gasteiger partial charge on any atom is 0.416 e. The second-order valence-electron chi connectivity index (χ2n) is 5.52. The molecule has 0 amide bonds. The summed E-state index contributed by atoms with van der Waals surface area (Å²) < 4.78 is 39.5. The molecule has 1 heterocycles. The summed E-state index contributed by atoms with van der Waals surface area (Å²) in [6.07, 6.45) is -2.86. The van der Waals surface area contributed by atoms with Crippen LogP contribution in [0.3, 0.4) is 0 Å². The summed E-state index contributed by atoms with van der Waals surface area (Å²) in [6, 6.07) is 5.14. The third-order valence-electron chi connectivity index (χ3n) is 3.57. The van der Waals surface area contributed by atoms with E-state index in [-0.39, 0.29) is 24.0 Å². The molecular formula is C16H22F3IN6. The van der Waals surface area contributed by atoms with Crippen LogP contribution in [0, 0.1) is 0 Å². The Labute approximate surface area is 167 Å². The summed E-state index contributed by atoms with van der Waals surface area (Å²) in [4.78, 5) is 10.5. The number of halogens is 4. The SMILES string of the molecule is CCNC(=NCc1ncnn1C)N(C)Cc1ccc(C(F)(F)F)cc1.I. The number of alkyl halides is 3. The summed E-state index contributed by atoms with van der Waals surface area (Å²) in [5.74, 6) is 1.36. The zero-order valence-electron chi connectivity index (χ0n) is 14.8. The van der Waals surface area contributed by atoms with E-state index in [1.807, 2.05) is 18.9 Å². The van der Waals surface area contributed by atoms with E-state index in [1.54, 1.807) is 11.7 Å². The van der Waals surface area contributed by atoms with Crippen molar-refractivity contribution in [2.45, 2.75) is 26.2 Å². The van der Waals surface area contributed by atoms with Gasteiger partial charge in [-0.2, -0.15) is 18.3 Å². The van der Waals surface area contributed by atoms with E-state index in [0.717, 1.165) is 23.5 Å². The average Bonchev–Trinajstić information content (AvgIpc) is 2.96. The summed E-state index contributed by atoms with van der Waals surface area (Å²) in [5.41, 5.74) is 0.113. The van der Waals surface area contributed by atoms with Crippen LogP contribution in [0.5, 0.6) is 0 Å². The first-order valence-corrected chi connectivity index (χ1v) is 7.79. The zero-order chi connectivity index (χ0) is 18.4. The summed E-state index contributed by atoms with van der Waals surface area (Å²) in [7, 11) is 3.62. The van der Waals surface area contributed by atoms with E-state index >= 15 is 0 Å². The number of hydrogen-bond acceptors (Lipinski definition) is 3. The van der Waals surface area contributed by atoms with Crippen LogP contribution in [0.4, 0.5) is 13.2 Å². The molecule has 0 atom stereocenters. The molecule has 2 aromatic rings. The molecule has 0 bridgehead atoms. The van der Waals surface area contributed by atoms with Crippen molar-refractivity contribution in [1.29, 1.82) is 0 Å². The molecule has 2 rings (SSSR count). The van der Waals surface area contributed by atoms with Crippen molar-refractivity contribution in [3.63, 3.8) is 0 Å². The van der Waals surface area contributed by atoms with Gasteiger partial charge in [-0.1, -0.05) is 12.1 Å². The molecule has 1 aromatic heterocycles. The van der Waals surface area contributed by atoms with Crippen LogP contribution in [0.1, 0.15) is 23.9 Å². The second-order valence-corrected chi connectivity index (χ2v) is 5.52. The van der Waals surface area contributed by atoms with Gasteiger partial charge in [-0.05, 0) is 24.6 Å². The van der Waals surface area contributed by atoms with Gasteiger partial charge in [0.1, 0.15) is 18.7 Å². The smallest absolute Gasteiger partial charge is 0.357 e. The zero-order valence-corrected chi connectivity index (χ0v) is 17.1. The van der Waals surface area contributed by atoms with Crippen molar-refractivity contribution in [2.24, 2.45) is 12.0 Å². The first-order valence-electron chi connectivity index (χ1n) is 7.79. The third-order valence-corrected chi connectivity index (χ3v) is 3.57. The third kappa shape index (κ3) is 6.15. The average molecular weight is 482 g/mol. The molecule has 0 radical (unpaired) electrons. The Hall–Kier alpha value is -1.85. The van der Waals surface area contributed by atoms with Gasteiger partial charge in [0.2, 0.25) is 0 Å². The van der Waals surface area contributed by atoms with Gasteiger partial charge in [-0.3, -0.25) is 4.68 Å². The van der Waals surface area contributed by atoms with E-state index in [2.05, 4.69) is 20.4 Å². The molecule has 0 aliphatic heterocycles. The van der Waals surface area contributed by atoms with Crippen LogP contribution >= 0.6 is 24.0 Å². The first-order chi connectivity index (χ1) is 11.8. The highest BCUT2D eigenvalue weighted by Gasteiger charge is 2.29. The molecule has 26 heavy (non-hydrogen) atoms. The lowest BCUT2D eigenvalue weighted by atomic mass is 10.1. The van der Waals surface area contributed by atoms with Crippen molar-refractivity contribution >= 4 is 29.9 Å². The molecule has 0 saturated heterocycles. The number of aliphatic imine (C=N–C) groups is 1. The number of guanidine groups is 1. The number of rotatable bonds is 5. The summed E-state index contributed by atoms with van der Waals surface area (Å²) in [6.45, 7) is 3.41. The van der Waals surface area contributed by atoms with Crippen LogP contribution < -0.4 is 5.32 Å². The van der Waals surface area contributed by atoms with E-state index < -0.39 is 11.7 Å². The monoisotopic (exact) mass is 482 g/mol. The van der Waals surface area contributed by atoms with Gasteiger partial charge in [-0.25, -0.2) is 9.98 Å².